The molecule has 0 bridgehead atoms. The second kappa shape index (κ2) is 24.1. The fraction of sp³-hybridized carbons (Fsp3) is 0.154. The van der Waals surface area contributed by atoms with Crippen LogP contribution < -0.4 is 75.8 Å². The molecule has 8 heterocycles. The number of carbonyl (C=O) groups excluding carboxylic acids is 2. The summed E-state index contributed by atoms with van der Waals surface area (Å²) in [7, 11) is 0. The number of fused-ring (bicyclic) bond motifs is 9. The van der Waals surface area contributed by atoms with Crippen LogP contribution in [-0.4, -0.2) is 138 Å². The van der Waals surface area contributed by atoms with Gasteiger partial charge < -0.3 is 147 Å². The average molecular weight is 1180 g/mol. The Balaban J connectivity index is 0.000000118. The third-order valence-electron chi connectivity index (χ3n) is 11.6. The van der Waals surface area contributed by atoms with Crippen molar-refractivity contribution >= 4 is 12.6 Å². The molecule has 0 atom stereocenters. The zero-order chi connectivity index (χ0) is 59.9. The van der Waals surface area contributed by atoms with E-state index in [0.29, 0.717) is 52.6 Å². The summed E-state index contributed by atoms with van der Waals surface area (Å²) in [6.45, 7) is 0.202. The second-order valence-corrected chi connectivity index (χ2v) is 16.5. The van der Waals surface area contributed by atoms with E-state index in [1.807, 2.05) is 0 Å². The van der Waals surface area contributed by atoms with E-state index >= 15 is 0 Å². The number of hydrogen-bond donors (Lipinski definition) is 14. The maximum Gasteiger partial charge on any atom is 0.231 e. The Morgan fingerprint density at radius 2 is 0.583 bits per heavy atom. The first-order valence-corrected chi connectivity index (χ1v) is 23.4. The van der Waals surface area contributed by atoms with Crippen LogP contribution >= 0.6 is 0 Å². The molecular weight excluding hydrogens is 1140 g/mol. The van der Waals surface area contributed by atoms with Crippen LogP contribution in [0.5, 0.6) is 172 Å². The van der Waals surface area contributed by atoms with Gasteiger partial charge in [0.1, 0.15) is 5.75 Å². The van der Waals surface area contributed by atoms with E-state index in [1.54, 1.807) is 36.4 Å². The van der Waals surface area contributed by atoms with Crippen LogP contribution in [0.1, 0.15) is 20.7 Å². The number of para-hydroxylation sites is 1. The Hall–Kier alpha value is -12.1. The number of carbonyl (C=O) groups is 2. The van der Waals surface area contributed by atoms with Gasteiger partial charge in [0.2, 0.25) is 175 Å². The fourth-order valence-corrected chi connectivity index (χ4v) is 7.56. The van der Waals surface area contributed by atoms with Crippen molar-refractivity contribution in [2.75, 3.05) is 54.3 Å². The number of hydrogen-bond acceptors (Lipinski definition) is 32. The molecule has 0 amide bonds. The third-order valence-corrected chi connectivity index (χ3v) is 11.6. The van der Waals surface area contributed by atoms with Gasteiger partial charge in [0.15, 0.2) is 58.6 Å². The minimum Gasteiger partial charge on any atom is -0.508 e. The van der Waals surface area contributed by atoms with Crippen molar-refractivity contribution < 1.29 is 157 Å². The van der Waals surface area contributed by atoms with Crippen LogP contribution in [0, 0.1) is 0 Å². The van der Waals surface area contributed by atoms with Gasteiger partial charge in [-0.05, 0) is 48.5 Å². The van der Waals surface area contributed by atoms with Crippen LogP contribution in [0.2, 0.25) is 0 Å². The molecular formula is C52H42O32. The number of ether oxygens (including phenoxy) is 16. The highest BCUT2D eigenvalue weighted by atomic mass is 16.7. The summed E-state index contributed by atoms with van der Waals surface area (Å²) in [5, 5.41) is 129. The van der Waals surface area contributed by atoms with Gasteiger partial charge in [-0.3, -0.25) is 9.59 Å². The zero-order valence-electron chi connectivity index (χ0n) is 42.2. The average Bonchev–Trinajstić information content (AvgIpc) is 3.67. The molecule has 15 rings (SSSR count). The summed E-state index contributed by atoms with van der Waals surface area (Å²) in [4.78, 5) is 20.8. The quantitative estimate of drug-likeness (QED) is 0.0605. The summed E-state index contributed by atoms with van der Waals surface area (Å²) in [5.41, 5.74) is 0.597. The summed E-state index contributed by atoms with van der Waals surface area (Å²) in [6, 6.07) is 15.8. The van der Waals surface area contributed by atoms with Crippen molar-refractivity contribution in [1.82, 2.24) is 0 Å². The lowest BCUT2D eigenvalue weighted by Crippen LogP contribution is -1.95. The largest absolute Gasteiger partial charge is 0.508 e. The first kappa shape index (κ1) is 56.6. The molecule has 8 aliphatic rings. The molecule has 84 heavy (non-hydrogen) atoms. The lowest BCUT2D eigenvalue weighted by molar-refractivity contribution is 0.111. The van der Waals surface area contributed by atoms with Crippen LogP contribution in [0.25, 0.3) is 0 Å². The Morgan fingerprint density at radius 3 is 1.07 bits per heavy atom. The number of rotatable bonds is 2. The monoisotopic (exact) mass is 1180 g/mol. The van der Waals surface area contributed by atoms with Crippen LogP contribution in [0.3, 0.4) is 0 Å². The van der Waals surface area contributed by atoms with Crippen molar-refractivity contribution in [1.29, 1.82) is 0 Å². The predicted molar refractivity (Wildman–Crippen MR) is 268 cm³/mol. The van der Waals surface area contributed by atoms with Crippen molar-refractivity contribution in [2.24, 2.45) is 0 Å². The number of phenols is 14. The first-order chi connectivity index (χ1) is 40.4. The van der Waals surface area contributed by atoms with Crippen molar-refractivity contribution in [3.8, 4) is 172 Å². The van der Waals surface area contributed by atoms with E-state index in [-0.39, 0.29) is 152 Å². The molecule has 0 saturated heterocycles. The SMILES string of the molecule is O=Cc1ccc(O)c2c1OCO2.O=Cc1ccc2c(c1O)OCO2.Oc1c(O)c(O)c2c(c1O)OCO2.Oc1c(O)c(O)c2c(c1O)OCO2.Oc1c(O)c2c(c3c1OCO3)OCO2.Oc1ccc2c(c1)OCO2.Oc1cccc2c1OCO2. The number of phenolic OH excluding ortho intramolecular Hbond substituents is 14. The molecule has 32 nitrogen and oxygen atoms in total. The summed E-state index contributed by atoms with van der Waals surface area (Å²) >= 11 is 0. The zero-order valence-corrected chi connectivity index (χ0v) is 42.2. The molecule has 0 aliphatic carbocycles. The van der Waals surface area contributed by atoms with Crippen molar-refractivity contribution in [3.63, 3.8) is 0 Å². The number of benzene rings is 7. The Morgan fingerprint density at radius 1 is 0.250 bits per heavy atom. The lowest BCUT2D eigenvalue weighted by atomic mass is 10.2. The summed E-state index contributed by atoms with van der Waals surface area (Å²) in [5.74, 6) is -2.85. The maximum absolute atomic E-state index is 10.5. The van der Waals surface area contributed by atoms with Crippen molar-refractivity contribution in [3.05, 3.63) is 71.8 Å². The van der Waals surface area contributed by atoms with Gasteiger partial charge in [-0.25, -0.2) is 0 Å². The van der Waals surface area contributed by atoms with Crippen LogP contribution in [-0.2, 0) is 0 Å². The molecule has 32 heteroatoms. The Labute approximate surface area is 467 Å². The topological polar surface area (TPSA) is 465 Å². The number of aldehydes is 2. The van der Waals surface area contributed by atoms with E-state index in [2.05, 4.69) is 0 Å². The van der Waals surface area contributed by atoms with E-state index in [4.69, 9.17) is 106 Å². The lowest BCUT2D eigenvalue weighted by Gasteiger charge is -2.06. The Kier molecular flexibility index (Phi) is 16.2. The van der Waals surface area contributed by atoms with Gasteiger partial charge in [-0.15, -0.1) is 0 Å². The fourth-order valence-electron chi connectivity index (χ4n) is 7.56. The van der Waals surface area contributed by atoms with Gasteiger partial charge in [0, 0.05) is 6.07 Å². The van der Waals surface area contributed by atoms with Gasteiger partial charge in [-0.1, -0.05) is 6.07 Å². The van der Waals surface area contributed by atoms with Crippen LogP contribution in [0.15, 0.2) is 60.7 Å². The third kappa shape index (κ3) is 11.1. The van der Waals surface area contributed by atoms with Crippen molar-refractivity contribution in [2.45, 2.75) is 0 Å². The van der Waals surface area contributed by atoms with Gasteiger partial charge in [-0.2, -0.15) is 0 Å². The molecule has 7 aromatic rings. The van der Waals surface area contributed by atoms with E-state index < -0.39 is 46.0 Å². The van der Waals surface area contributed by atoms with E-state index in [1.165, 1.54) is 24.3 Å². The molecule has 442 valence electrons. The first-order valence-electron chi connectivity index (χ1n) is 23.4. The number of aromatic hydroxyl groups is 14. The highest BCUT2D eigenvalue weighted by molar-refractivity contribution is 5.83. The molecule has 0 spiro atoms. The van der Waals surface area contributed by atoms with E-state index in [9.17, 15) is 50.4 Å². The Bertz CT molecular complexity index is 3470. The van der Waals surface area contributed by atoms with Gasteiger partial charge in [0.05, 0.1) is 11.1 Å². The molecule has 7 aromatic carbocycles. The second-order valence-electron chi connectivity index (χ2n) is 16.5. The molecule has 0 radical (unpaired) electrons. The molecule has 0 fully saturated rings. The predicted octanol–water partition coefficient (Wildman–Crippen LogP) is 5.14. The smallest absolute Gasteiger partial charge is 0.231 e. The van der Waals surface area contributed by atoms with Gasteiger partial charge >= 0.3 is 0 Å². The minimum atomic E-state index is -0.832. The summed E-state index contributed by atoms with van der Waals surface area (Å²) in [6.07, 6.45) is 1.23. The molecule has 0 unspecified atom stereocenters. The molecule has 0 aromatic heterocycles. The standard InChI is InChI=1S/C8H6O6.2C8H6O4.2C7H6O6.2C7H6O3/c9-3-4(10)6-8(14-2-12-6)7-5(3)11-1-13-7;9-3-5-1-2-6-8(7(5)10)12-4-11-6;9-3-5-1-2-6(10)8-7(5)11-4-12-8;2*8-2-3(9)5(11)7-6(4(2)10)12-1-13-7;8-5-1-2-6-7(3-5)10-4-9-6;8-5-2-1-3-6-7(5)10-4-9-6/h9-10H,1-2H2;2*1-3,10H,4H2;2*8-11H,1H2;2*1-3,8H,4H2. The van der Waals surface area contributed by atoms with E-state index in [0.717, 1.165) is 0 Å². The highest BCUT2D eigenvalue weighted by Gasteiger charge is 2.36. The molecule has 14 N–H and O–H groups in total. The maximum atomic E-state index is 10.5. The summed E-state index contributed by atoms with van der Waals surface area (Å²) < 4.78 is 78.9. The normalized spacial score (nSPS) is 13.7. The highest BCUT2D eigenvalue weighted by Crippen LogP contribution is 2.61. The van der Waals surface area contributed by atoms with Crippen LogP contribution in [0.4, 0.5) is 0 Å². The minimum absolute atomic E-state index is 0.00639. The van der Waals surface area contributed by atoms with Gasteiger partial charge in [0.25, 0.3) is 0 Å². The molecule has 0 saturated carbocycles. The molecule has 8 aliphatic heterocycles.